The Kier molecular flexibility index (Phi) is 4.37. The van der Waals surface area contributed by atoms with Gasteiger partial charge >= 0.3 is 0 Å². The van der Waals surface area contributed by atoms with E-state index >= 15 is 0 Å². The number of ether oxygens (including phenoxy) is 2. The van der Waals surface area contributed by atoms with E-state index < -0.39 is 0 Å². The lowest BCUT2D eigenvalue weighted by atomic mass is 10.2. The van der Waals surface area contributed by atoms with Crippen LogP contribution in [0.5, 0.6) is 11.5 Å². The van der Waals surface area contributed by atoms with Crippen LogP contribution in [0.2, 0.25) is 0 Å². The fourth-order valence-corrected chi connectivity index (χ4v) is 2.70. The lowest BCUT2D eigenvalue weighted by Crippen LogP contribution is -2.33. The number of fused-ring (bicyclic) bond motifs is 1. The summed E-state index contributed by atoms with van der Waals surface area (Å²) in [6.07, 6.45) is 0. The summed E-state index contributed by atoms with van der Waals surface area (Å²) in [4.78, 5) is 13.0. The van der Waals surface area contributed by atoms with Crippen molar-refractivity contribution in [1.82, 2.24) is 10.6 Å². The zero-order valence-electron chi connectivity index (χ0n) is 11.4. The number of benzene rings is 1. The van der Waals surface area contributed by atoms with Gasteiger partial charge in [-0.15, -0.1) is 11.3 Å². The largest absolute Gasteiger partial charge is 0.454 e. The monoisotopic (exact) mass is 304 g/mol. The highest BCUT2D eigenvalue weighted by Crippen LogP contribution is 2.32. The summed E-state index contributed by atoms with van der Waals surface area (Å²) >= 11 is 1.68. The van der Waals surface area contributed by atoms with Crippen LogP contribution in [0.4, 0.5) is 0 Å². The maximum Gasteiger partial charge on any atom is 0.234 e. The Morgan fingerprint density at radius 3 is 2.95 bits per heavy atom. The number of hydrogen-bond acceptors (Lipinski definition) is 5. The zero-order valence-corrected chi connectivity index (χ0v) is 12.2. The predicted octanol–water partition coefficient (Wildman–Crippen LogP) is 1.88. The van der Waals surface area contributed by atoms with E-state index in [0.717, 1.165) is 23.6 Å². The normalized spacial score (nSPS) is 12.4. The minimum absolute atomic E-state index is 0.0239. The molecule has 5 nitrogen and oxygen atoms in total. The first-order chi connectivity index (χ1) is 10.3. The molecule has 0 bridgehead atoms. The van der Waals surface area contributed by atoms with Gasteiger partial charge in [0.2, 0.25) is 12.7 Å². The summed E-state index contributed by atoms with van der Waals surface area (Å²) in [5.74, 6) is 1.46. The minimum Gasteiger partial charge on any atom is -0.454 e. The second-order valence-corrected chi connectivity index (χ2v) is 5.68. The molecule has 2 N–H and O–H groups in total. The van der Waals surface area contributed by atoms with Gasteiger partial charge < -0.3 is 20.1 Å². The van der Waals surface area contributed by atoms with Crippen molar-refractivity contribution in [1.29, 1.82) is 0 Å². The van der Waals surface area contributed by atoms with Crippen LogP contribution < -0.4 is 20.1 Å². The number of nitrogens with one attached hydrogen (secondary N) is 2. The molecule has 2 aromatic rings. The van der Waals surface area contributed by atoms with Gasteiger partial charge in [0.15, 0.2) is 11.5 Å². The standard InChI is InChI=1S/C15H16N2O3S/c18-15(9-16-8-12-2-1-5-21-12)17-7-11-3-4-13-14(6-11)20-10-19-13/h1-6,16H,7-10H2,(H,17,18). The van der Waals surface area contributed by atoms with E-state index in [1.165, 1.54) is 4.88 Å². The summed E-state index contributed by atoms with van der Waals surface area (Å²) in [5.41, 5.74) is 0.992. The fourth-order valence-electron chi connectivity index (χ4n) is 2.03. The van der Waals surface area contributed by atoms with Crippen molar-refractivity contribution < 1.29 is 14.3 Å². The first-order valence-electron chi connectivity index (χ1n) is 6.69. The van der Waals surface area contributed by atoms with Gasteiger partial charge in [0, 0.05) is 18.0 Å². The van der Waals surface area contributed by atoms with E-state index in [2.05, 4.69) is 10.6 Å². The number of hydrogen-bond donors (Lipinski definition) is 2. The Hall–Kier alpha value is -2.05. The highest BCUT2D eigenvalue weighted by Gasteiger charge is 2.13. The molecule has 1 aromatic carbocycles. The Morgan fingerprint density at radius 1 is 1.19 bits per heavy atom. The Balaban J connectivity index is 1.41. The Morgan fingerprint density at radius 2 is 2.10 bits per heavy atom. The molecular formula is C15H16N2O3S. The molecule has 1 aliphatic rings. The van der Waals surface area contributed by atoms with Gasteiger partial charge in [0.25, 0.3) is 0 Å². The third kappa shape index (κ3) is 3.74. The third-order valence-corrected chi connectivity index (χ3v) is 3.97. The molecule has 3 rings (SSSR count). The SMILES string of the molecule is O=C(CNCc1cccs1)NCc1ccc2c(c1)OCO2. The highest BCUT2D eigenvalue weighted by atomic mass is 32.1. The molecule has 110 valence electrons. The van der Waals surface area contributed by atoms with Crippen molar-refractivity contribution in [3.8, 4) is 11.5 Å². The molecule has 0 fully saturated rings. The molecule has 0 radical (unpaired) electrons. The van der Waals surface area contributed by atoms with Crippen molar-refractivity contribution in [2.24, 2.45) is 0 Å². The van der Waals surface area contributed by atoms with Crippen molar-refractivity contribution in [2.45, 2.75) is 13.1 Å². The molecule has 6 heteroatoms. The zero-order chi connectivity index (χ0) is 14.5. The molecule has 0 unspecified atom stereocenters. The highest BCUT2D eigenvalue weighted by molar-refractivity contribution is 7.09. The van der Waals surface area contributed by atoms with Crippen molar-refractivity contribution in [3.05, 3.63) is 46.2 Å². The van der Waals surface area contributed by atoms with Crippen LogP contribution in [-0.4, -0.2) is 19.2 Å². The molecule has 21 heavy (non-hydrogen) atoms. The summed E-state index contributed by atoms with van der Waals surface area (Å²) in [7, 11) is 0. The lowest BCUT2D eigenvalue weighted by molar-refractivity contribution is -0.120. The third-order valence-electron chi connectivity index (χ3n) is 3.09. The number of thiophene rings is 1. The van der Waals surface area contributed by atoms with Crippen LogP contribution >= 0.6 is 11.3 Å². The molecule has 0 spiro atoms. The van der Waals surface area contributed by atoms with Crippen LogP contribution in [0.25, 0.3) is 0 Å². The van der Waals surface area contributed by atoms with Crippen LogP contribution in [-0.2, 0) is 17.9 Å². The van der Waals surface area contributed by atoms with Crippen LogP contribution in [0.15, 0.2) is 35.7 Å². The quantitative estimate of drug-likeness (QED) is 0.855. The molecule has 0 atom stereocenters. The van der Waals surface area contributed by atoms with Crippen LogP contribution in [0, 0.1) is 0 Å². The maximum atomic E-state index is 11.8. The van der Waals surface area contributed by atoms with E-state index in [-0.39, 0.29) is 12.7 Å². The molecule has 1 amide bonds. The predicted molar refractivity (Wildman–Crippen MR) is 80.4 cm³/mol. The number of rotatable bonds is 6. The smallest absolute Gasteiger partial charge is 0.234 e. The van der Waals surface area contributed by atoms with E-state index in [4.69, 9.17) is 9.47 Å². The van der Waals surface area contributed by atoms with Gasteiger partial charge in [-0.2, -0.15) is 0 Å². The number of carbonyl (C=O) groups excluding carboxylic acids is 1. The molecule has 0 aliphatic carbocycles. The minimum atomic E-state index is -0.0239. The number of carbonyl (C=O) groups is 1. The average molecular weight is 304 g/mol. The Labute approximate surface area is 126 Å². The van der Waals surface area contributed by atoms with Crippen LogP contribution in [0.1, 0.15) is 10.4 Å². The van der Waals surface area contributed by atoms with Crippen LogP contribution in [0.3, 0.4) is 0 Å². The van der Waals surface area contributed by atoms with E-state index in [1.54, 1.807) is 11.3 Å². The van der Waals surface area contributed by atoms with Crippen molar-refractivity contribution >= 4 is 17.2 Å². The van der Waals surface area contributed by atoms with Gasteiger partial charge in [-0.1, -0.05) is 12.1 Å². The molecule has 1 aromatic heterocycles. The van der Waals surface area contributed by atoms with Crippen molar-refractivity contribution in [3.63, 3.8) is 0 Å². The topological polar surface area (TPSA) is 59.6 Å². The second kappa shape index (κ2) is 6.60. The summed E-state index contributed by atoms with van der Waals surface area (Å²) in [6, 6.07) is 9.72. The summed E-state index contributed by atoms with van der Waals surface area (Å²) in [5, 5.41) is 8.02. The summed E-state index contributed by atoms with van der Waals surface area (Å²) in [6.45, 7) is 1.77. The van der Waals surface area contributed by atoms with Crippen molar-refractivity contribution in [2.75, 3.05) is 13.3 Å². The van der Waals surface area contributed by atoms with E-state index in [9.17, 15) is 4.79 Å². The molecular weight excluding hydrogens is 288 g/mol. The molecule has 0 saturated carbocycles. The average Bonchev–Trinajstić information content (AvgIpc) is 3.15. The first-order valence-corrected chi connectivity index (χ1v) is 7.57. The van der Waals surface area contributed by atoms with Gasteiger partial charge in [-0.3, -0.25) is 4.79 Å². The second-order valence-electron chi connectivity index (χ2n) is 4.65. The fraction of sp³-hybridized carbons (Fsp3) is 0.267. The van der Waals surface area contributed by atoms with Gasteiger partial charge in [-0.05, 0) is 29.1 Å². The van der Waals surface area contributed by atoms with E-state index in [0.29, 0.717) is 13.1 Å². The number of amides is 1. The molecule has 1 aliphatic heterocycles. The molecule has 2 heterocycles. The van der Waals surface area contributed by atoms with Gasteiger partial charge in [0.05, 0.1) is 6.54 Å². The maximum absolute atomic E-state index is 11.8. The van der Waals surface area contributed by atoms with Gasteiger partial charge in [0.1, 0.15) is 0 Å². The molecule has 0 saturated heterocycles. The first kappa shape index (κ1) is 13.9. The Bertz CT molecular complexity index is 613. The van der Waals surface area contributed by atoms with Gasteiger partial charge in [-0.25, -0.2) is 0 Å². The van der Waals surface area contributed by atoms with E-state index in [1.807, 2.05) is 35.7 Å². The summed E-state index contributed by atoms with van der Waals surface area (Å²) < 4.78 is 10.6. The lowest BCUT2D eigenvalue weighted by Gasteiger charge is -2.07.